The van der Waals surface area contributed by atoms with E-state index in [1.54, 1.807) is 0 Å². The Balaban J connectivity index is 1.54. The van der Waals surface area contributed by atoms with Crippen molar-refractivity contribution in [1.82, 2.24) is 10.3 Å². The molecule has 0 aromatic heterocycles. The number of hydrogen-bond donors (Lipinski definition) is 2. The van der Waals surface area contributed by atoms with Gasteiger partial charge in [-0.15, -0.1) is 4.36 Å². The molecule has 0 bridgehead atoms. The minimum absolute atomic E-state index is 0.265. The first kappa shape index (κ1) is 18.7. The van der Waals surface area contributed by atoms with Gasteiger partial charge in [0.1, 0.15) is 5.04 Å². The van der Waals surface area contributed by atoms with Crippen molar-refractivity contribution < 1.29 is 9.00 Å². The number of allylic oxidation sites excluding steroid dienone is 2. The SMILES string of the molecule is CC(C)N1CCC(/[SH](=O)=N/C(=O)NC2(C)C3=C(C=C4CCCC42)CCC3)=N1. The number of rotatable bonds is 2. The number of hydrazone groups is 1. The fraction of sp³-hybridized carbons (Fsp3) is 0.700. The summed E-state index contributed by atoms with van der Waals surface area (Å²) in [6.45, 7) is 6.99. The number of nitrogens with zero attached hydrogens (tertiary/aromatic N) is 3. The van der Waals surface area contributed by atoms with Gasteiger partial charge in [-0.25, -0.2) is 9.00 Å². The van der Waals surface area contributed by atoms with E-state index in [-0.39, 0.29) is 11.6 Å². The third-order valence-corrected chi connectivity index (χ3v) is 7.64. The lowest BCUT2D eigenvalue weighted by Crippen LogP contribution is -2.53. The average Bonchev–Trinajstić information content (AvgIpc) is 3.35. The van der Waals surface area contributed by atoms with Crippen LogP contribution in [-0.4, -0.2) is 38.4 Å². The van der Waals surface area contributed by atoms with Crippen LogP contribution in [0.15, 0.2) is 32.3 Å². The van der Waals surface area contributed by atoms with Crippen LogP contribution in [0, 0.1) is 5.92 Å². The van der Waals surface area contributed by atoms with Gasteiger partial charge in [-0.3, -0.25) is 5.01 Å². The Labute approximate surface area is 163 Å². The highest BCUT2D eigenvalue weighted by atomic mass is 32.2. The number of nitrogens with one attached hydrogen (secondary N) is 1. The lowest BCUT2D eigenvalue weighted by Gasteiger charge is -2.41. The van der Waals surface area contributed by atoms with Gasteiger partial charge in [0.2, 0.25) is 0 Å². The van der Waals surface area contributed by atoms with Gasteiger partial charge < -0.3 is 5.32 Å². The lowest BCUT2D eigenvalue weighted by atomic mass is 9.71. The second kappa shape index (κ2) is 7.08. The zero-order valence-corrected chi connectivity index (χ0v) is 17.4. The molecule has 0 spiro atoms. The van der Waals surface area contributed by atoms with Crippen LogP contribution in [-0.2, 0) is 10.6 Å². The molecule has 3 aliphatic carbocycles. The third kappa shape index (κ3) is 3.35. The van der Waals surface area contributed by atoms with Gasteiger partial charge in [0.15, 0.2) is 0 Å². The Bertz CT molecular complexity index is 835. The number of amides is 2. The second-order valence-corrected chi connectivity index (χ2v) is 9.81. The van der Waals surface area contributed by atoms with Crippen molar-refractivity contribution in [3.8, 4) is 0 Å². The average molecular weight is 391 g/mol. The Morgan fingerprint density at radius 3 is 2.89 bits per heavy atom. The van der Waals surface area contributed by atoms with Gasteiger partial charge in [-0.05, 0) is 70.4 Å². The van der Waals surface area contributed by atoms with E-state index >= 15 is 0 Å². The van der Waals surface area contributed by atoms with Gasteiger partial charge >= 0.3 is 6.03 Å². The van der Waals surface area contributed by atoms with E-state index in [4.69, 9.17) is 0 Å². The van der Waals surface area contributed by atoms with Crippen LogP contribution in [0.4, 0.5) is 4.79 Å². The largest absolute Gasteiger partial charge is 0.349 e. The molecule has 6 nitrogen and oxygen atoms in total. The Morgan fingerprint density at radius 2 is 2.15 bits per heavy atom. The number of fused-ring (bicyclic) bond motifs is 1. The van der Waals surface area contributed by atoms with E-state index in [1.807, 2.05) is 18.9 Å². The molecule has 4 aliphatic rings. The molecule has 148 valence electrons. The minimum atomic E-state index is -2.11. The van der Waals surface area contributed by atoms with Gasteiger partial charge in [0.05, 0.1) is 16.1 Å². The minimum Gasteiger partial charge on any atom is -0.326 e. The van der Waals surface area contributed by atoms with Crippen molar-refractivity contribution >= 4 is 21.7 Å². The van der Waals surface area contributed by atoms with Gasteiger partial charge in [-0.1, -0.05) is 11.6 Å². The van der Waals surface area contributed by atoms with E-state index < -0.39 is 16.6 Å². The molecule has 27 heavy (non-hydrogen) atoms. The molecular weight excluding hydrogens is 360 g/mol. The standard InChI is InChI=1S/C20H30N4O2S/c1-13(2)24-11-10-18(22-24)27(26)23-19(25)21-20(3)16-8-4-6-14(16)12-15-7-5-9-17(15)20/h12-13,16,27H,4-11H2,1-3H3,(H,21,25). The summed E-state index contributed by atoms with van der Waals surface area (Å²) in [5, 5.41) is 9.99. The first-order valence-electron chi connectivity index (χ1n) is 10.2. The smallest absolute Gasteiger partial charge is 0.326 e. The maximum absolute atomic E-state index is 12.7. The predicted molar refractivity (Wildman–Crippen MR) is 109 cm³/mol. The molecule has 1 heterocycles. The molecule has 1 aliphatic heterocycles. The highest BCUT2D eigenvalue weighted by Crippen LogP contribution is 2.50. The van der Waals surface area contributed by atoms with Crippen molar-refractivity contribution in [3.63, 3.8) is 0 Å². The molecule has 0 saturated heterocycles. The normalized spacial score (nSPS) is 31.1. The third-order valence-electron chi connectivity index (χ3n) is 6.52. The first-order valence-corrected chi connectivity index (χ1v) is 11.4. The molecule has 0 aromatic rings. The summed E-state index contributed by atoms with van der Waals surface area (Å²) in [7, 11) is -2.11. The molecule has 1 fully saturated rings. The summed E-state index contributed by atoms with van der Waals surface area (Å²) in [6.07, 6.45) is 9.70. The predicted octanol–water partition coefficient (Wildman–Crippen LogP) is 3.77. The number of urea groups is 1. The quantitative estimate of drug-likeness (QED) is 0.705. The van der Waals surface area contributed by atoms with Crippen molar-refractivity contribution in [2.45, 2.75) is 77.3 Å². The number of carbonyl (C=O) groups is 1. The van der Waals surface area contributed by atoms with E-state index in [0.717, 1.165) is 38.6 Å². The lowest BCUT2D eigenvalue weighted by molar-refractivity contribution is 0.230. The molecular formula is C20H30N4O2S. The zero-order chi connectivity index (χ0) is 19.2. The summed E-state index contributed by atoms with van der Waals surface area (Å²) in [4.78, 5) is 12.7. The summed E-state index contributed by atoms with van der Waals surface area (Å²) >= 11 is 0. The molecule has 1 saturated carbocycles. The van der Waals surface area contributed by atoms with E-state index in [1.165, 1.54) is 23.1 Å². The van der Waals surface area contributed by atoms with Crippen molar-refractivity contribution in [1.29, 1.82) is 0 Å². The summed E-state index contributed by atoms with van der Waals surface area (Å²) < 4.78 is 16.5. The fourth-order valence-electron chi connectivity index (χ4n) is 5.18. The summed E-state index contributed by atoms with van der Waals surface area (Å²) in [5.74, 6) is 0.353. The molecule has 3 unspecified atom stereocenters. The van der Waals surface area contributed by atoms with Crippen LogP contribution in [0.3, 0.4) is 0 Å². The van der Waals surface area contributed by atoms with Crippen LogP contribution in [0.1, 0.15) is 65.7 Å². The molecule has 2 amide bonds. The van der Waals surface area contributed by atoms with E-state index in [9.17, 15) is 9.00 Å². The van der Waals surface area contributed by atoms with Gasteiger partial charge in [0, 0.05) is 24.9 Å². The van der Waals surface area contributed by atoms with Crippen LogP contribution in [0.5, 0.6) is 0 Å². The number of hydrogen-bond acceptors (Lipinski definition) is 4. The molecule has 0 radical (unpaired) electrons. The molecule has 4 rings (SSSR count). The summed E-state index contributed by atoms with van der Waals surface area (Å²) in [5.41, 5.74) is 3.85. The monoisotopic (exact) mass is 390 g/mol. The number of thiol groups is 1. The maximum Gasteiger partial charge on any atom is 0.349 e. The molecule has 7 heteroatoms. The fourth-order valence-corrected chi connectivity index (χ4v) is 5.99. The molecule has 0 aromatic carbocycles. The number of carbonyl (C=O) groups excluding carboxylic acids is 1. The second-order valence-electron chi connectivity index (χ2n) is 8.55. The summed E-state index contributed by atoms with van der Waals surface area (Å²) in [6, 6.07) is -0.197. The molecule has 1 N–H and O–H groups in total. The van der Waals surface area contributed by atoms with Crippen LogP contribution < -0.4 is 5.32 Å². The first-order chi connectivity index (χ1) is 12.9. The Morgan fingerprint density at radius 1 is 1.33 bits per heavy atom. The zero-order valence-electron chi connectivity index (χ0n) is 16.5. The van der Waals surface area contributed by atoms with Crippen LogP contribution in [0.25, 0.3) is 0 Å². The van der Waals surface area contributed by atoms with Gasteiger partial charge in [0.25, 0.3) is 0 Å². The van der Waals surface area contributed by atoms with Gasteiger partial charge in [-0.2, -0.15) is 5.10 Å². The van der Waals surface area contributed by atoms with Crippen LogP contribution >= 0.6 is 0 Å². The van der Waals surface area contributed by atoms with Crippen molar-refractivity contribution in [3.05, 3.63) is 22.8 Å². The highest BCUT2D eigenvalue weighted by Gasteiger charge is 2.46. The maximum atomic E-state index is 12.7. The topological polar surface area (TPSA) is 74.1 Å². The molecule has 3 atom stereocenters. The highest BCUT2D eigenvalue weighted by molar-refractivity contribution is 7.92. The van der Waals surface area contributed by atoms with Crippen molar-refractivity contribution in [2.75, 3.05) is 6.54 Å². The van der Waals surface area contributed by atoms with E-state index in [2.05, 4.69) is 27.8 Å². The Kier molecular flexibility index (Phi) is 4.91. The van der Waals surface area contributed by atoms with Crippen LogP contribution in [0.2, 0.25) is 0 Å². The Hall–Kier alpha value is -1.63. The van der Waals surface area contributed by atoms with E-state index in [0.29, 0.717) is 17.4 Å². The van der Waals surface area contributed by atoms with Crippen molar-refractivity contribution in [2.24, 2.45) is 15.4 Å².